The van der Waals surface area contributed by atoms with E-state index in [1.165, 1.54) is 0 Å². The zero-order valence-electron chi connectivity index (χ0n) is 14.1. The first-order valence-corrected chi connectivity index (χ1v) is 9.57. The minimum Gasteiger partial charge on any atom is -0.324 e. The molecule has 29 heavy (non-hydrogen) atoms. The number of halogens is 7. The number of hydrogen-bond acceptors (Lipinski definition) is 3. The van der Waals surface area contributed by atoms with Crippen LogP contribution in [0.1, 0.15) is 23.0 Å². The highest BCUT2D eigenvalue weighted by atomic mass is 35.5. The molecule has 2 aromatic carbocycles. The van der Waals surface area contributed by atoms with Crippen LogP contribution in [0.3, 0.4) is 0 Å². The molecule has 1 aliphatic rings. The van der Waals surface area contributed by atoms with Gasteiger partial charge in [0.25, 0.3) is 5.82 Å². The van der Waals surface area contributed by atoms with E-state index >= 15 is 0 Å². The van der Waals surface area contributed by atoms with E-state index in [4.69, 9.17) is 46.4 Å². The summed E-state index contributed by atoms with van der Waals surface area (Å²) in [7, 11) is 0. The molecule has 1 aliphatic heterocycles. The lowest BCUT2D eigenvalue weighted by Crippen LogP contribution is -2.20. The molecule has 150 valence electrons. The minimum atomic E-state index is -4.70. The molecule has 0 unspecified atom stereocenters. The van der Waals surface area contributed by atoms with Gasteiger partial charge in [0, 0.05) is 5.70 Å². The number of benzene rings is 2. The third kappa shape index (κ3) is 3.92. The quantitative estimate of drug-likeness (QED) is 0.431. The lowest BCUT2D eigenvalue weighted by atomic mass is 10.0. The van der Waals surface area contributed by atoms with Crippen molar-refractivity contribution >= 4 is 58.0 Å². The maximum absolute atomic E-state index is 13.2. The molecule has 0 saturated carbocycles. The molecular weight excluding hydrogens is 471 g/mol. The number of allylic oxidation sites excluding steroid dienone is 1. The Bertz CT molecular complexity index is 1140. The molecule has 2 heterocycles. The number of rotatable bonds is 2. The molecular formula is C18H9Cl4F3N4. The number of fused-ring (bicyclic) bond motifs is 1. The van der Waals surface area contributed by atoms with E-state index in [0.29, 0.717) is 31.9 Å². The van der Waals surface area contributed by atoms with Crippen molar-refractivity contribution in [1.82, 2.24) is 14.8 Å². The normalized spacial score (nSPS) is 16.2. The van der Waals surface area contributed by atoms with Crippen molar-refractivity contribution < 1.29 is 13.2 Å². The van der Waals surface area contributed by atoms with Crippen molar-refractivity contribution in [2.75, 3.05) is 5.32 Å². The summed E-state index contributed by atoms with van der Waals surface area (Å²) in [5, 5.41) is 7.77. The van der Waals surface area contributed by atoms with E-state index < -0.39 is 18.0 Å². The summed E-state index contributed by atoms with van der Waals surface area (Å²) in [5.74, 6) is -1.33. The van der Waals surface area contributed by atoms with Crippen LogP contribution in [0.15, 0.2) is 42.5 Å². The second kappa shape index (κ2) is 7.40. The lowest BCUT2D eigenvalue weighted by molar-refractivity contribution is -0.145. The van der Waals surface area contributed by atoms with Crippen LogP contribution in [0.25, 0.3) is 5.70 Å². The summed E-state index contributed by atoms with van der Waals surface area (Å²) in [4.78, 5) is 3.61. The average molecular weight is 480 g/mol. The molecule has 0 aliphatic carbocycles. The van der Waals surface area contributed by atoms with Gasteiger partial charge in [0.2, 0.25) is 5.95 Å². The molecule has 1 N–H and O–H groups in total. The molecule has 0 bridgehead atoms. The molecule has 0 amide bonds. The standard InChI is InChI=1S/C18H9Cl4F3N4/c19-10-3-1-8(5-12(10)21)14-7-15(9-2-4-11(20)13(22)6-9)29-17(26-14)27-16(28-29)18(23,24)25/h1-7,15H,(H,26,27,28)/t15-/m0/s1. The van der Waals surface area contributed by atoms with Gasteiger partial charge in [0.1, 0.15) is 6.04 Å². The third-order valence-corrected chi connectivity index (χ3v) is 5.71. The molecule has 4 nitrogen and oxygen atoms in total. The fraction of sp³-hybridized carbons (Fsp3) is 0.111. The molecule has 0 spiro atoms. The van der Waals surface area contributed by atoms with Crippen molar-refractivity contribution in [2.45, 2.75) is 12.2 Å². The Morgan fingerprint density at radius 1 is 0.897 bits per heavy atom. The van der Waals surface area contributed by atoms with Gasteiger partial charge < -0.3 is 5.32 Å². The number of hydrogen-bond donors (Lipinski definition) is 1. The Hall–Kier alpha value is -1.93. The topological polar surface area (TPSA) is 42.7 Å². The van der Waals surface area contributed by atoms with E-state index in [-0.39, 0.29) is 11.0 Å². The van der Waals surface area contributed by atoms with Crippen LogP contribution in [0, 0.1) is 0 Å². The second-order valence-corrected chi connectivity index (χ2v) is 7.78. The van der Waals surface area contributed by atoms with Gasteiger partial charge in [-0.25, -0.2) is 4.68 Å². The number of aromatic nitrogens is 3. The summed E-state index contributed by atoms with van der Waals surface area (Å²) in [6, 6.07) is 8.97. The smallest absolute Gasteiger partial charge is 0.324 e. The SMILES string of the molecule is FC(F)(F)c1nc2n(n1)[C@H](c1ccc(Cl)c(Cl)c1)C=C(c1ccc(Cl)c(Cl)c1)N2. The summed E-state index contributed by atoms with van der Waals surface area (Å²) in [5.41, 5.74) is 1.69. The highest BCUT2D eigenvalue weighted by Gasteiger charge is 2.39. The molecule has 3 aromatic rings. The second-order valence-electron chi connectivity index (χ2n) is 6.15. The maximum atomic E-state index is 13.2. The van der Waals surface area contributed by atoms with Gasteiger partial charge in [0.15, 0.2) is 0 Å². The maximum Gasteiger partial charge on any atom is 0.453 e. The Kier molecular flexibility index (Phi) is 5.19. The fourth-order valence-electron chi connectivity index (χ4n) is 2.88. The molecule has 1 atom stereocenters. The van der Waals surface area contributed by atoms with E-state index in [1.807, 2.05) is 0 Å². The van der Waals surface area contributed by atoms with Crippen molar-refractivity contribution in [1.29, 1.82) is 0 Å². The van der Waals surface area contributed by atoms with Crippen molar-refractivity contribution in [3.8, 4) is 0 Å². The highest BCUT2D eigenvalue weighted by molar-refractivity contribution is 6.42. The highest BCUT2D eigenvalue weighted by Crippen LogP contribution is 2.38. The van der Waals surface area contributed by atoms with E-state index in [9.17, 15) is 13.2 Å². The first-order valence-electron chi connectivity index (χ1n) is 8.06. The third-order valence-electron chi connectivity index (χ3n) is 4.24. The Morgan fingerprint density at radius 3 is 2.17 bits per heavy atom. The van der Waals surface area contributed by atoms with E-state index in [0.717, 1.165) is 4.68 Å². The molecule has 0 saturated heterocycles. The fourth-order valence-corrected chi connectivity index (χ4v) is 3.48. The average Bonchev–Trinajstić information content (AvgIpc) is 3.10. The molecule has 4 rings (SSSR count). The summed E-state index contributed by atoms with van der Waals surface area (Å²) < 4.78 is 40.7. The lowest BCUT2D eigenvalue weighted by Gasteiger charge is -2.24. The Balaban J connectivity index is 1.87. The monoisotopic (exact) mass is 478 g/mol. The molecule has 0 fully saturated rings. The minimum absolute atomic E-state index is 0.0723. The van der Waals surface area contributed by atoms with Crippen molar-refractivity contribution in [3.63, 3.8) is 0 Å². The van der Waals surface area contributed by atoms with Crippen LogP contribution in [-0.4, -0.2) is 14.8 Å². The van der Waals surface area contributed by atoms with Gasteiger partial charge in [-0.3, -0.25) is 0 Å². The number of nitrogens with zero attached hydrogens (tertiary/aromatic N) is 3. The molecule has 0 radical (unpaired) electrons. The first-order chi connectivity index (χ1) is 13.6. The van der Waals surface area contributed by atoms with Crippen LogP contribution < -0.4 is 5.32 Å². The predicted octanol–water partition coefficient (Wildman–Crippen LogP) is 6.97. The largest absolute Gasteiger partial charge is 0.453 e. The predicted molar refractivity (Wildman–Crippen MR) is 108 cm³/mol. The van der Waals surface area contributed by atoms with Crippen LogP contribution in [-0.2, 0) is 6.18 Å². The zero-order chi connectivity index (χ0) is 20.9. The van der Waals surface area contributed by atoms with Crippen LogP contribution in [0.5, 0.6) is 0 Å². The van der Waals surface area contributed by atoms with E-state index in [2.05, 4.69) is 15.4 Å². The van der Waals surface area contributed by atoms with Crippen molar-refractivity contribution in [2.24, 2.45) is 0 Å². The number of anilines is 1. The van der Waals surface area contributed by atoms with Gasteiger partial charge in [0.05, 0.1) is 20.1 Å². The molecule has 11 heteroatoms. The van der Waals surface area contributed by atoms with Gasteiger partial charge >= 0.3 is 6.18 Å². The van der Waals surface area contributed by atoms with Gasteiger partial charge in [-0.2, -0.15) is 18.2 Å². The van der Waals surface area contributed by atoms with Gasteiger partial charge in [-0.1, -0.05) is 58.5 Å². The van der Waals surface area contributed by atoms with Crippen LogP contribution >= 0.6 is 46.4 Å². The number of alkyl halides is 3. The summed E-state index contributed by atoms with van der Waals surface area (Å²) in [6.45, 7) is 0. The van der Waals surface area contributed by atoms with Gasteiger partial charge in [-0.15, -0.1) is 5.10 Å². The summed E-state index contributed by atoms with van der Waals surface area (Å²) >= 11 is 24.1. The molecule has 1 aromatic heterocycles. The Morgan fingerprint density at radius 2 is 1.55 bits per heavy atom. The Labute approximate surface area is 182 Å². The van der Waals surface area contributed by atoms with Crippen LogP contribution in [0.2, 0.25) is 20.1 Å². The van der Waals surface area contributed by atoms with E-state index in [1.54, 1.807) is 42.5 Å². The number of nitrogens with one attached hydrogen (secondary N) is 1. The zero-order valence-corrected chi connectivity index (χ0v) is 17.1. The summed E-state index contributed by atoms with van der Waals surface area (Å²) in [6.07, 6.45) is -3.00. The first kappa shape index (κ1) is 20.3. The van der Waals surface area contributed by atoms with Crippen LogP contribution in [0.4, 0.5) is 19.1 Å². The van der Waals surface area contributed by atoms with Gasteiger partial charge in [-0.05, 0) is 41.5 Å². The van der Waals surface area contributed by atoms with Crippen molar-refractivity contribution in [3.05, 3.63) is 79.5 Å².